The van der Waals surface area contributed by atoms with Crippen LogP contribution in [0, 0.1) is 0 Å². The SMILES string of the molecule is COc1cc(/C=C/C(=O)OC[C@H]2O[C@@](CO)(O[C@H]3O[C@H](CO)[C@H](O)[C@H](O)[C@H]3OC(C)=O)[C@@H](OC(=O)/C=C/c3ccc(O)c(OC)c3)[C@@H]2O)ccc1O. The lowest BCUT2D eigenvalue weighted by molar-refractivity contribution is -0.383. The van der Waals surface area contributed by atoms with Crippen LogP contribution in [0.2, 0.25) is 0 Å². The number of hydrogen-bond acceptors (Lipinski definition) is 18. The molecule has 0 spiro atoms. The zero-order valence-electron chi connectivity index (χ0n) is 28.1. The van der Waals surface area contributed by atoms with E-state index in [0.29, 0.717) is 11.1 Å². The summed E-state index contributed by atoms with van der Waals surface area (Å²) in [5, 5.41) is 72.4. The van der Waals surface area contributed by atoms with Crippen LogP contribution in [-0.4, -0.2) is 142 Å². The number of aliphatic hydroxyl groups is 5. The predicted molar refractivity (Wildman–Crippen MR) is 173 cm³/mol. The first-order valence-electron chi connectivity index (χ1n) is 15.7. The molecule has 2 aromatic rings. The van der Waals surface area contributed by atoms with Crippen LogP contribution in [0.15, 0.2) is 48.6 Å². The van der Waals surface area contributed by atoms with Crippen molar-refractivity contribution < 1.29 is 88.0 Å². The molecule has 0 saturated carbocycles. The minimum atomic E-state index is -2.55. The normalized spacial score (nSPS) is 28.8. The number of phenols is 2. The molecule has 0 amide bonds. The van der Waals surface area contributed by atoms with Gasteiger partial charge in [-0.05, 0) is 47.5 Å². The molecule has 18 heteroatoms. The molecule has 52 heavy (non-hydrogen) atoms. The number of aromatic hydroxyl groups is 2. The summed E-state index contributed by atoms with van der Waals surface area (Å²) in [6.45, 7) is -1.72. The highest BCUT2D eigenvalue weighted by molar-refractivity contribution is 5.88. The van der Waals surface area contributed by atoms with Gasteiger partial charge in [0.15, 0.2) is 35.2 Å². The van der Waals surface area contributed by atoms with Gasteiger partial charge in [0, 0.05) is 19.1 Å². The highest BCUT2D eigenvalue weighted by atomic mass is 16.8. The Hall–Kier alpha value is -4.79. The van der Waals surface area contributed by atoms with Gasteiger partial charge in [-0.25, -0.2) is 9.59 Å². The van der Waals surface area contributed by atoms with E-state index in [4.69, 9.17) is 37.9 Å². The van der Waals surface area contributed by atoms with E-state index in [9.17, 15) is 50.1 Å². The smallest absolute Gasteiger partial charge is 0.331 e. The third-order valence-corrected chi connectivity index (χ3v) is 8.00. The van der Waals surface area contributed by atoms with Gasteiger partial charge in [0.2, 0.25) is 12.1 Å². The van der Waals surface area contributed by atoms with E-state index >= 15 is 0 Å². The molecular formula is C34H40O18. The van der Waals surface area contributed by atoms with Crippen LogP contribution in [0.3, 0.4) is 0 Å². The summed E-state index contributed by atoms with van der Waals surface area (Å²) in [5.41, 5.74) is 0.857. The van der Waals surface area contributed by atoms with Crippen molar-refractivity contribution in [2.45, 2.75) is 61.7 Å². The fourth-order valence-corrected chi connectivity index (χ4v) is 5.37. The van der Waals surface area contributed by atoms with E-state index < -0.39 is 92.5 Å². The zero-order valence-corrected chi connectivity index (χ0v) is 28.1. The van der Waals surface area contributed by atoms with Crippen molar-refractivity contribution in [3.63, 3.8) is 0 Å². The molecule has 4 rings (SSSR count). The van der Waals surface area contributed by atoms with E-state index in [-0.39, 0.29) is 23.0 Å². The van der Waals surface area contributed by atoms with Crippen molar-refractivity contribution in [3.8, 4) is 23.0 Å². The van der Waals surface area contributed by atoms with Crippen LogP contribution in [0.1, 0.15) is 18.1 Å². The van der Waals surface area contributed by atoms with Crippen molar-refractivity contribution in [1.82, 2.24) is 0 Å². The molecule has 284 valence electrons. The van der Waals surface area contributed by atoms with Crippen LogP contribution in [-0.2, 0) is 42.8 Å². The summed E-state index contributed by atoms with van der Waals surface area (Å²) in [5.74, 6) is -5.52. The number of ether oxygens (including phenoxy) is 8. The number of hydrogen-bond donors (Lipinski definition) is 7. The Balaban J connectivity index is 1.59. The molecule has 2 aliphatic rings. The predicted octanol–water partition coefficient (Wildman–Crippen LogP) is -0.868. The number of aliphatic hydroxyl groups excluding tert-OH is 5. The number of carbonyl (C=O) groups is 3. The number of esters is 3. The number of methoxy groups -OCH3 is 2. The average molecular weight is 737 g/mol. The van der Waals surface area contributed by atoms with E-state index in [1.165, 1.54) is 62.8 Å². The minimum absolute atomic E-state index is 0.112. The lowest BCUT2D eigenvalue weighted by atomic mass is 9.98. The molecule has 0 radical (unpaired) electrons. The number of phenolic OH excluding ortho intramolecular Hbond substituents is 2. The van der Waals surface area contributed by atoms with Gasteiger partial charge >= 0.3 is 17.9 Å². The van der Waals surface area contributed by atoms with Gasteiger partial charge in [-0.3, -0.25) is 4.79 Å². The average Bonchev–Trinajstić information content (AvgIpc) is 3.38. The molecule has 2 heterocycles. The molecule has 0 aromatic heterocycles. The molecule has 9 atom stereocenters. The molecule has 2 aromatic carbocycles. The second-order valence-corrected chi connectivity index (χ2v) is 11.5. The molecule has 18 nitrogen and oxygen atoms in total. The Kier molecular flexibility index (Phi) is 13.6. The first-order valence-corrected chi connectivity index (χ1v) is 15.7. The number of rotatable bonds is 14. The number of carbonyl (C=O) groups excluding carboxylic acids is 3. The number of benzene rings is 2. The summed E-state index contributed by atoms with van der Waals surface area (Å²) in [6.07, 6.45) is -9.51. The third kappa shape index (κ3) is 9.35. The topological polar surface area (TPSA) is 267 Å². The van der Waals surface area contributed by atoms with Crippen molar-refractivity contribution in [2.75, 3.05) is 34.0 Å². The van der Waals surface area contributed by atoms with Gasteiger partial charge in [0.05, 0.1) is 20.8 Å². The van der Waals surface area contributed by atoms with Crippen molar-refractivity contribution in [3.05, 3.63) is 59.7 Å². The van der Waals surface area contributed by atoms with Crippen molar-refractivity contribution >= 4 is 30.1 Å². The highest BCUT2D eigenvalue weighted by Crippen LogP contribution is 2.39. The molecule has 2 aliphatic heterocycles. The Labute approximate surface area is 296 Å². The standard InChI is InChI=1S/C34H40O18/c1-17(37)48-31-30(44)28(42)24(14-35)49-33(31)52-34(16-36)32(50-27(41)11-7-19-5-9-21(39)23(13-19)46-3)29(43)25(51-34)15-47-26(40)10-6-18-4-8-20(38)22(12-18)45-2/h4-13,24-25,28-33,35-36,38-39,42-44H,14-16H2,1-3H3/b10-6+,11-7+/t24-,25-,28+,29-,30+,31-,32+,33-,34+/m1/s1. The zero-order chi connectivity index (χ0) is 38.2. The Bertz CT molecular complexity index is 1630. The summed E-state index contributed by atoms with van der Waals surface area (Å²) in [7, 11) is 2.68. The molecule has 0 aliphatic carbocycles. The Morgan fingerprint density at radius 3 is 1.90 bits per heavy atom. The van der Waals surface area contributed by atoms with Gasteiger partial charge in [-0.1, -0.05) is 12.1 Å². The van der Waals surface area contributed by atoms with E-state index in [1.807, 2.05) is 0 Å². The van der Waals surface area contributed by atoms with Gasteiger partial charge < -0.3 is 73.6 Å². The summed E-state index contributed by atoms with van der Waals surface area (Å²) in [6, 6.07) is 8.49. The van der Waals surface area contributed by atoms with Gasteiger partial charge in [-0.15, -0.1) is 0 Å². The lowest BCUT2D eigenvalue weighted by Crippen LogP contribution is -2.64. The second-order valence-electron chi connectivity index (χ2n) is 11.5. The summed E-state index contributed by atoms with van der Waals surface area (Å²) in [4.78, 5) is 37.6. The molecule has 2 saturated heterocycles. The maximum atomic E-state index is 13.1. The van der Waals surface area contributed by atoms with Crippen LogP contribution < -0.4 is 9.47 Å². The maximum absolute atomic E-state index is 13.1. The molecular weight excluding hydrogens is 696 g/mol. The van der Waals surface area contributed by atoms with Gasteiger partial charge in [-0.2, -0.15) is 0 Å². The fourth-order valence-electron chi connectivity index (χ4n) is 5.37. The monoisotopic (exact) mass is 736 g/mol. The quantitative estimate of drug-likeness (QED) is 0.0706. The third-order valence-electron chi connectivity index (χ3n) is 8.00. The van der Waals surface area contributed by atoms with Crippen molar-refractivity contribution in [2.24, 2.45) is 0 Å². The first-order chi connectivity index (χ1) is 24.7. The molecule has 2 fully saturated rings. The maximum Gasteiger partial charge on any atom is 0.331 e. The Morgan fingerprint density at radius 2 is 1.38 bits per heavy atom. The largest absolute Gasteiger partial charge is 0.504 e. The van der Waals surface area contributed by atoms with E-state index in [2.05, 4.69) is 0 Å². The fraction of sp³-hybridized carbons (Fsp3) is 0.441. The summed E-state index contributed by atoms with van der Waals surface area (Å²) < 4.78 is 43.2. The van der Waals surface area contributed by atoms with Crippen LogP contribution in [0.5, 0.6) is 23.0 Å². The minimum Gasteiger partial charge on any atom is -0.504 e. The second kappa shape index (κ2) is 17.6. The van der Waals surface area contributed by atoms with Crippen molar-refractivity contribution in [1.29, 1.82) is 0 Å². The van der Waals surface area contributed by atoms with E-state index in [0.717, 1.165) is 19.1 Å². The lowest BCUT2D eigenvalue weighted by Gasteiger charge is -2.44. The molecule has 0 unspecified atom stereocenters. The molecule has 7 N–H and O–H groups in total. The Morgan fingerprint density at radius 1 is 0.808 bits per heavy atom. The molecule has 0 bridgehead atoms. The van der Waals surface area contributed by atoms with Gasteiger partial charge in [0.25, 0.3) is 0 Å². The van der Waals surface area contributed by atoms with Crippen LogP contribution >= 0.6 is 0 Å². The van der Waals surface area contributed by atoms with Gasteiger partial charge in [0.1, 0.15) is 43.7 Å². The first kappa shape index (κ1) is 40.0. The summed E-state index contributed by atoms with van der Waals surface area (Å²) >= 11 is 0. The van der Waals surface area contributed by atoms with E-state index in [1.54, 1.807) is 0 Å². The highest BCUT2D eigenvalue weighted by Gasteiger charge is 2.61. The van der Waals surface area contributed by atoms with Crippen LogP contribution in [0.25, 0.3) is 12.2 Å². The van der Waals surface area contributed by atoms with Crippen LogP contribution in [0.4, 0.5) is 0 Å².